The number of ether oxygens (including phenoxy) is 4. The first-order valence-electron chi connectivity index (χ1n) is 32.8. The van der Waals surface area contributed by atoms with Crippen LogP contribution in [-0.4, -0.2) is 97.5 Å². The van der Waals surface area contributed by atoms with Crippen LogP contribution >= 0.6 is 0 Å². The Morgan fingerprint density at radius 1 is 0.447 bits per heavy atom. The third kappa shape index (κ3) is 46.8. The fourth-order valence-corrected chi connectivity index (χ4v) is 11.3. The molecule has 1 saturated heterocycles. The molecule has 1 heterocycles. The Balaban J connectivity index is 2.21. The zero-order valence-electron chi connectivity index (χ0n) is 49.6. The Kier molecular flexibility index (Phi) is 52.6. The molecule has 0 amide bonds. The molecule has 0 bridgehead atoms. The van der Waals surface area contributed by atoms with Crippen LogP contribution in [-0.2, 0) is 38.3 Å². The molecular formula is C63H124O12S. The highest BCUT2D eigenvalue weighted by molar-refractivity contribution is 7.80. The molecule has 6 atom stereocenters. The number of carbonyl (C=O) groups excluding carboxylic acids is 1. The molecule has 0 radical (unpaired) electrons. The Morgan fingerprint density at radius 3 is 1.05 bits per heavy atom. The second-order valence-electron chi connectivity index (χ2n) is 23.1. The average molecular weight is 1110 g/mol. The summed E-state index contributed by atoms with van der Waals surface area (Å²) in [5.74, 6) is -0.387. The van der Waals surface area contributed by atoms with Gasteiger partial charge in [0.2, 0.25) is 0 Å². The summed E-state index contributed by atoms with van der Waals surface area (Å²) in [6.07, 6.45) is 55.9. The van der Waals surface area contributed by atoms with E-state index in [-0.39, 0.29) is 25.6 Å². The molecule has 1 fully saturated rings. The maximum absolute atomic E-state index is 13.0. The van der Waals surface area contributed by atoms with Crippen molar-refractivity contribution in [3.8, 4) is 0 Å². The monoisotopic (exact) mass is 1100 g/mol. The van der Waals surface area contributed by atoms with Crippen LogP contribution in [0, 0.1) is 0 Å². The normalized spacial score (nSPS) is 18.4. The highest BCUT2D eigenvalue weighted by Gasteiger charge is 2.48. The molecule has 4 N–H and O–H groups in total. The molecule has 454 valence electrons. The van der Waals surface area contributed by atoms with Gasteiger partial charge in [0.1, 0.15) is 30.5 Å². The third-order valence-corrected chi connectivity index (χ3v) is 16.2. The molecule has 0 spiro atoms. The van der Waals surface area contributed by atoms with Crippen molar-refractivity contribution < 1.29 is 56.2 Å². The number of carbonyl (C=O) groups is 1. The van der Waals surface area contributed by atoms with E-state index in [9.17, 15) is 33.1 Å². The van der Waals surface area contributed by atoms with E-state index in [0.717, 1.165) is 38.5 Å². The van der Waals surface area contributed by atoms with Crippen molar-refractivity contribution >= 4 is 16.4 Å². The van der Waals surface area contributed by atoms with Gasteiger partial charge in [-0.25, -0.2) is 4.18 Å². The fourth-order valence-electron chi connectivity index (χ4n) is 10.8. The molecule has 0 saturated carbocycles. The first-order valence-corrected chi connectivity index (χ1v) is 34.2. The van der Waals surface area contributed by atoms with Gasteiger partial charge in [-0.3, -0.25) is 9.35 Å². The predicted molar refractivity (Wildman–Crippen MR) is 313 cm³/mol. The number of hydrogen-bond acceptors (Lipinski definition) is 11. The van der Waals surface area contributed by atoms with E-state index in [1.165, 1.54) is 270 Å². The summed E-state index contributed by atoms with van der Waals surface area (Å²) < 4.78 is 59.6. The van der Waals surface area contributed by atoms with Gasteiger partial charge in [0.05, 0.1) is 19.8 Å². The molecule has 13 heteroatoms. The number of unbranched alkanes of at least 4 members (excludes halogenated alkanes) is 47. The smallest absolute Gasteiger partial charge is 0.397 e. The summed E-state index contributed by atoms with van der Waals surface area (Å²) in [4.78, 5) is 13.0. The van der Waals surface area contributed by atoms with Gasteiger partial charge in [-0.05, 0) is 12.8 Å². The summed E-state index contributed by atoms with van der Waals surface area (Å²) in [6.45, 7) is 4.10. The lowest BCUT2D eigenvalue weighted by molar-refractivity contribution is -0.301. The molecule has 0 aromatic heterocycles. The Morgan fingerprint density at radius 2 is 0.750 bits per heavy atom. The number of hydrogen-bond donors (Lipinski definition) is 4. The number of aliphatic hydroxyl groups excluding tert-OH is 3. The van der Waals surface area contributed by atoms with Crippen molar-refractivity contribution in [1.29, 1.82) is 0 Å². The topological polar surface area (TPSA) is 178 Å². The van der Waals surface area contributed by atoms with Gasteiger partial charge in [-0.1, -0.05) is 316 Å². The minimum absolute atomic E-state index is 0.0460. The predicted octanol–water partition coefficient (Wildman–Crippen LogP) is 17.1. The summed E-state index contributed by atoms with van der Waals surface area (Å²) in [7, 11) is -5.06. The first kappa shape index (κ1) is 73.1. The van der Waals surface area contributed by atoms with E-state index < -0.39 is 53.8 Å². The van der Waals surface area contributed by atoms with Crippen LogP contribution in [0.5, 0.6) is 0 Å². The number of esters is 1. The molecule has 76 heavy (non-hydrogen) atoms. The van der Waals surface area contributed by atoms with Crippen LogP contribution in [0.25, 0.3) is 0 Å². The second kappa shape index (κ2) is 54.7. The molecule has 6 unspecified atom stereocenters. The van der Waals surface area contributed by atoms with Gasteiger partial charge in [-0.2, -0.15) is 8.42 Å². The van der Waals surface area contributed by atoms with Gasteiger partial charge >= 0.3 is 16.4 Å². The lowest BCUT2D eigenvalue weighted by atomic mass is 9.99. The van der Waals surface area contributed by atoms with Gasteiger partial charge in [0, 0.05) is 13.0 Å². The molecular weight excluding hydrogens is 981 g/mol. The van der Waals surface area contributed by atoms with Crippen molar-refractivity contribution in [3.05, 3.63) is 0 Å². The molecule has 1 aliphatic heterocycles. The standard InChI is InChI=1S/C63H124O12S/c1-3-5-7-9-11-13-15-17-19-21-23-25-27-29-30-32-34-36-38-40-42-44-46-48-50-52-59(65)73-57(56-72-63-61(67)62(75-76(68,69)70)60(66)58(54-64)74-63)55-71-53-51-49-47-45-43-41-39-37-35-33-31-28-26-24-22-20-18-16-14-12-10-8-6-4-2/h57-58,60-64,66-67H,3-56H2,1-2H3,(H,68,69,70). The third-order valence-electron chi connectivity index (χ3n) is 15.7. The quantitative estimate of drug-likeness (QED) is 0.0258. The average Bonchev–Trinajstić information content (AvgIpc) is 3.40. The Bertz CT molecular complexity index is 1320. The largest absolute Gasteiger partial charge is 0.457 e. The highest BCUT2D eigenvalue weighted by Crippen LogP contribution is 2.26. The van der Waals surface area contributed by atoms with Crippen LogP contribution < -0.4 is 0 Å². The lowest BCUT2D eigenvalue weighted by Gasteiger charge is -2.41. The van der Waals surface area contributed by atoms with Gasteiger partial charge < -0.3 is 34.3 Å². The minimum Gasteiger partial charge on any atom is -0.457 e. The van der Waals surface area contributed by atoms with Crippen molar-refractivity contribution in [3.63, 3.8) is 0 Å². The Hall–Kier alpha value is -0.900. The van der Waals surface area contributed by atoms with E-state index in [1.54, 1.807) is 0 Å². The van der Waals surface area contributed by atoms with E-state index >= 15 is 0 Å². The van der Waals surface area contributed by atoms with Gasteiger partial charge in [0.25, 0.3) is 0 Å². The summed E-state index contributed by atoms with van der Waals surface area (Å²) in [6, 6.07) is 0. The second-order valence-corrected chi connectivity index (χ2v) is 24.1. The lowest BCUT2D eigenvalue weighted by Crippen LogP contribution is -2.60. The van der Waals surface area contributed by atoms with E-state index in [1.807, 2.05) is 0 Å². The maximum atomic E-state index is 13.0. The van der Waals surface area contributed by atoms with Crippen LogP contribution in [0.3, 0.4) is 0 Å². The van der Waals surface area contributed by atoms with Crippen molar-refractivity contribution in [1.82, 2.24) is 0 Å². The SMILES string of the molecule is CCCCCCCCCCCCCCCCCCCCCCCCCCCC(=O)OC(COCCCCCCCCCCCCCCCCCCCCCCCCCC)COC1OC(CO)C(O)C(OS(=O)(=O)O)C1O. The summed E-state index contributed by atoms with van der Waals surface area (Å²) in [5.41, 5.74) is 0. The minimum atomic E-state index is -5.06. The van der Waals surface area contributed by atoms with Crippen molar-refractivity contribution in [2.45, 2.75) is 372 Å². The van der Waals surface area contributed by atoms with Crippen molar-refractivity contribution in [2.24, 2.45) is 0 Å². The zero-order chi connectivity index (χ0) is 55.3. The van der Waals surface area contributed by atoms with Crippen LogP contribution in [0.1, 0.15) is 335 Å². The molecule has 0 aliphatic carbocycles. The maximum Gasteiger partial charge on any atom is 0.397 e. The molecule has 0 aromatic rings. The van der Waals surface area contributed by atoms with Gasteiger partial charge in [0.15, 0.2) is 6.29 Å². The highest BCUT2D eigenvalue weighted by atomic mass is 32.3. The first-order chi connectivity index (χ1) is 37.1. The van der Waals surface area contributed by atoms with Crippen LogP contribution in [0.15, 0.2) is 0 Å². The molecule has 12 nitrogen and oxygen atoms in total. The van der Waals surface area contributed by atoms with E-state index in [2.05, 4.69) is 18.0 Å². The van der Waals surface area contributed by atoms with E-state index in [0.29, 0.717) is 13.0 Å². The zero-order valence-corrected chi connectivity index (χ0v) is 50.4. The van der Waals surface area contributed by atoms with E-state index in [4.69, 9.17) is 18.9 Å². The molecule has 1 aliphatic rings. The van der Waals surface area contributed by atoms with Gasteiger partial charge in [-0.15, -0.1) is 0 Å². The molecule has 1 rings (SSSR count). The molecule has 0 aromatic carbocycles. The Labute approximate surface area is 468 Å². The number of aliphatic hydroxyl groups is 3. The fraction of sp³-hybridized carbons (Fsp3) is 0.984. The van der Waals surface area contributed by atoms with Crippen molar-refractivity contribution in [2.75, 3.05) is 26.4 Å². The van der Waals surface area contributed by atoms with Crippen LogP contribution in [0.4, 0.5) is 0 Å². The number of rotatable bonds is 60. The van der Waals surface area contributed by atoms with Crippen LogP contribution in [0.2, 0.25) is 0 Å². The summed E-state index contributed by atoms with van der Waals surface area (Å²) in [5, 5.41) is 30.9. The summed E-state index contributed by atoms with van der Waals surface area (Å²) >= 11 is 0.